The summed E-state index contributed by atoms with van der Waals surface area (Å²) < 4.78 is 11.1. The van der Waals surface area contributed by atoms with Gasteiger partial charge >= 0.3 is 0 Å². The van der Waals surface area contributed by atoms with Gasteiger partial charge < -0.3 is 9.47 Å². The molecule has 1 aromatic heterocycles. The summed E-state index contributed by atoms with van der Waals surface area (Å²) in [4.78, 5) is 4.41. The minimum absolute atomic E-state index is 0.462. The Morgan fingerprint density at radius 2 is 2.15 bits per heavy atom. The summed E-state index contributed by atoms with van der Waals surface area (Å²) in [6.45, 7) is 2.70. The number of aromatic nitrogens is 1. The number of hydrogen-bond donors (Lipinski definition) is 0. The van der Waals surface area contributed by atoms with Gasteiger partial charge in [-0.05, 0) is 24.1 Å². The fraction of sp³-hybridized carbons (Fsp3) is 0.400. The zero-order chi connectivity index (χ0) is 14.4. The highest BCUT2D eigenvalue weighted by Crippen LogP contribution is 2.28. The third-order valence-electron chi connectivity index (χ3n) is 2.95. The van der Waals surface area contributed by atoms with Crippen LogP contribution in [0.2, 0.25) is 0 Å². The molecule has 0 atom stereocenters. The van der Waals surface area contributed by atoms with Crippen LogP contribution in [0.3, 0.4) is 0 Å². The number of methoxy groups -OCH3 is 1. The molecule has 0 aliphatic carbocycles. The molecule has 0 bridgehead atoms. The van der Waals surface area contributed by atoms with Crippen LogP contribution < -0.4 is 9.47 Å². The molecule has 0 saturated heterocycles. The number of alkyl halides is 1. The van der Waals surface area contributed by atoms with Crippen molar-refractivity contribution in [3.05, 3.63) is 39.8 Å². The standard InChI is InChI=1S/C15H18ClNO2S/c1-3-11-4-5-13(14(8-11)18-2)19-7-6-15-17-12(9-16)10-20-15/h4-5,8,10H,3,6-7,9H2,1-2H3. The van der Waals surface area contributed by atoms with Gasteiger partial charge in [0.15, 0.2) is 11.5 Å². The summed E-state index contributed by atoms with van der Waals surface area (Å²) in [6.07, 6.45) is 1.76. The lowest BCUT2D eigenvalue weighted by atomic mass is 10.1. The van der Waals surface area contributed by atoms with E-state index < -0.39 is 0 Å². The van der Waals surface area contributed by atoms with Gasteiger partial charge in [0.05, 0.1) is 30.3 Å². The molecule has 0 radical (unpaired) electrons. The maximum absolute atomic E-state index is 5.78. The van der Waals surface area contributed by atoms with Crippen molar-refractivity contribution >= 4 is 22.9 Å². The molecule has 2 aromatic rings. The van der Waals surface area contributed by atoms with Crippen molar-refractivity contribution in [2.45, 2.75) is 25.6 Å². The molecule has 0 aliphatic rings. The van der Waals surface area contributed by atoms with E-state index in [1.807, 2.05) is 17.5 Å². The molecule has 1 aromatic carbocycles. The predicted molar refractivity (Wildman–Crippen MR) is 83.2 cm³/mol. The van der Waals surface area contributed by atoms with Gasteiger partial charge in [-0.1, -0.05) is 13.0 Å². The van der Waals surface area contributed by atoms with Crippen molar-refractivity contribution < 1.29 is 9.47 Å². The quantitative estimate of drug-likeness (QED) is 0.722. The summed E-state index contributed by atoms with van der Waals surface area (Å²) in [6, 6.07) is 6.04. The summed E-state index contributed by atoms with van der Waals surface area (Å²) in [5, 5.41) is 3.03. The van der Waals surface area contributed by atoms with E-state index in [1.54, 1.807) is 18.4 Å². The first-order valence-electron chi connectivity index (χ1n) is 6.55. The van der Waals surface area contributed by atoms with Gasteiger partial charge in [-0.2, -0.15) is 0 Å². The molecule has 3 nitrogen and oxygen atoms in total. The van der Waals surface area contributed by atoms with Crippen molar-refractivity contribution in [3.8, 4) is 11.5 Å². The van der Waals surface area contributed by atoms with Gasteiger partial charge in [0.25, 0.3) is 0 Å². The molecule has 0 unspecified atom stereocenters. The third kappa shape index (κ3) is 3.87. The van der Waals surface area contributed by atoms with Crippen LogP contribution in [0.1, 0.15) is 23.2 Å². The molecule has 1 heterocycles. The summed E-state index contributed by atoms with van der Waals surface area (Å²) >= 11 is 7.35. The van der Waals surface area contributed by atoms with E-state index in [1.165, 1.54) is 5.56 Å². The van der Waals surface area contributed by atoms with Crippen molar-refractivity contribution in [3.63, 3.8) is 0 Å². The minimum atomic E-state index is 0.462. The van der Waals surface area contributed by atoms with E-state index >= 15 is 0 Å². The molecule has 0 aliphatic heterocycles. The summed E-state index contributed by atoms with van der Waals surface area (Å²) in [7, 11) is 1.66. The Labute approximate surface area is 128 Å². The van der Waals surface area contributed by atoms with Crippen LogP contribution in [0.5, 0.6) is 11.5 Å². The monoisotopic (exact) mass is 311 g/mol. The third-order valence-corrected chi connectivity index (χ3v) is 4.18. The Balaban J connectivity index is 1.93. The van der Waals surface area contributed by atoms with Crippen molar-refractivity contribution in [2.75, 3.05) is 13.7 Å². The fourth-order valence-electron chi connectivity index (χ4n) is 1.82. The van der Waals surface area contributed by atoms with Crippen LogP contribution in [0.25, 0.3) is 0 Å². The average molecular weight is 312 g/mol. The number of thiazole rings is 1. The van der Waals surface area contributed by atoms with Crippen LogP contribution in [-0.2, 0) is 18.7 Å². The molecule has 5 heteroatoms. The van der Waals surface area contributed by atoms with Gasteiger partial charge in [-0.25, -0.2) is 4.98 Å². The van der Waals surface area contributed by atoms with Gasteiger partial charge in [-0.3, -0.25) is 0 Å². The van der Waals surface area contributed by atoms with Crippen LogP contribution in [0.15, 0.2) is 23.6 Å². The van der Waals surface area contributed by atoms with E-state index in [9.17, 15) is 0 Å². The van der Waals surface area contributed by atoms with Gasteiger partial charge in [0.2, 0.25) is 0 Å². The van der Waals surface area contributed by atoms with Crippen molar-refractivity contribution in [1.82, 2.24) is 4.98 Å². The second kappa shape index (κ2) is 7.50. The molecule has 0 saturated carbocycles. The SMILES string of the molecule is CCc1ccc(OCCc2nc(CCl)cs2)c(OC)c1. The number of aryl methyl sites for hydroxylation is 1. The first kappa shape index (κ1) is 15.1. The molecular formula is C15H18ClNO2S. The number of rotatable bonds is 7. The van der Waals surface area contributed by atoms with Gasteiger partial charge in [0.1, 0.15) is 0 Å². The minimum Gasteiger partial charge on any atom is -0.493 e. The average Bonchev–Trinajstić information content (AvgIpc) is 2.95. The molecule has 20 heavy (non-hydrogen) atoms. The summed E-state index contributed by atoms with van der Waals surface area (Å²) in [5.74, 6) is 2.02. The second-order valence-corrected chi connectivity index (χ2v) is 5.51. The highest BCUT2D eigenvalue weighted by atomic mass is 35.5. The molecule has 0 spiro atoms. The topological polar surface area (TPSA) is 31.4 Å². The van der Waals surface area contributed by atoms with Crippen LogP contribution in [0.4, 0.5) is 0 Å². The van der Waals surface area contributed by atoms with E-state index in [0.29, 0.717) is 12.5 Å². The van der Waals surface area contributed by atoms with Crippen molar-refractivity contribution in [1.29, 1.82) is 0 Å². The summed E-state index contributed by atoms with van der Waals surface area (Å²) in [5.41, 5.74) is 2.16. The normalized spacial score (nSPS) is 10.6. The number of ether oxygens (including phenoxy) is 2. The number of benzene rings is 1. The molecular weight excluding hydrogens is 294 g/mol. The fourth-order valence-corrected chi connectivity index (χ4v) is 2.83. The Kier molecular flexibility index (Phi) is 5.68. The van der Waals surface area contributed by atoms with Gasteiger partial charge in [0, 0.05) is 11.8 Å². The maximum Gasteiger partial charge on any atom is 0.161 e. The first-order valence-corrected chi connectivity index (χ1v) is 7.97. The number of halogens is 1. The Morgan fingerprint density at radius 1 is 1.30 bits per heavy atom. The Hall–Kier alpha value is -1.26. The lowest BCUT2D eigenvalue weighted by Gasteiger charge is -2.11. The van der Waals surface area contributed by atoms with Gasteiger partial charge in [-0.15, -0.1) is 22.9 Å². The predicted octanol–water partition coefficient (Wildman–Crippen LogP) is 4.07. The van der Waals surface area contributed by atoms with Crippen LogP contribution in [-0.4, -0.2) is 18.7 Å². The number of hydrogen-bond acceptors (Lipinski definition) is 4. The largest absolute Gasteiger partial charge is 0.493 e. The molecule has 0 amide bonds. The zero-order valence-corrected chi connectivity index (χ0v) is 13.3. The maximum atomic E-state index is 5.78. The Bertz CT molecular complexity index is 557. The van der Waals surface area contributed by atoms with E-state index in [0.717, 1.165) is 35.0 Å². The molecule has 0 N–H and O–H groups in total. The van der Waals surface area contributed by atoms with E-state index in [-0.39, 0.29) is 0 Å². The highest BCUT2D eigenvalue weighted by Gasteiger charge is 2.06. The van der Waals surface area contributed by atoms with Crippen LogP contribution >= 0.6 is 22.9 Å². The number of nitrogens with zero attached hydrogens (tertiary/aromatic N) is 1. The van der Waals surface area contributed by atoms with E-state index in [4.69, 9.17) is 21.1 Å². The smallest absolute Gasteiger partial charge is 0.161 e. The lowest BCUT2D eigenvalue weighted by molar-refractivity contribution is 0.297. The second-order valence-electron chi connectivity index (χ2n) is 4.30. The Morgan fingerprint density at radius 3 is 2.80 bits per heavy atom. The van der Waals surface area contributed by atoms with Crippen LogP contribution in [0, 0.1) is 0 Å². The molecule has 108 valence electrons. The first-order chi connectivity index (χ1) is 9.76. The van der Waals surface area contributed by atoms with E-state index in [2.05, 4.69) is 18.0 Å². The highest BCUT2D eigenvalue weighted by molar-refractivity contribution is 7.09. The molecule has 2 rings (SSSR count). The lowest BCUT2D eigenvalue weighted by Crippen LogP contribution is -2.03. The molecule has 0 fully saturated rings. The zero-order valence-electron chi connectivity index (χ0n) is 11.7. The van der Waals surface area contributed by atoms with Crippen molar-refractivity contribution in [2.24, 2.45) is 0 Å².